The highest BCUT2D eigenvalue weighted by Crippen LogP contribution is 2.27. The monoisotopic (exact) mass is 315 g/mol. The van der Waals surface area contributed by atoms with E-state index in [1.54, 1.807) is 18.2 Å². The predicted octanol–water partition coefficient (Wildman–Crippen LogP) is 4.56. The van der Waals surface area contributed by atoms with Crippen LogP contribution in [0.1, 0.15) is 17.0 Å². The summed E-state index contributed by atoms with van der Waals surface area (Å²) in [6.07, 6.45) is 0.466. The van der Waals surface area contributed by atoms with Gasteiger partial charge in [0.1, 0.15) is 11.6 Å². The van der Waals surface area contributed by atoms with E-state index in [-0.39, 0.29) is 18.0 Å². The molecule has 2 aromatic rings. The molecular formula is C15H13Cl2F2N. The summed E-state index contributed by atoms with van der Waals surface area (Å²) in [5, 5.41) is 0.885. The molecule has 0 saturated carbocycles. The largest absolute Gasteiger partial charge is 0.330 e. The van der Waals surface area contributed by atoms with Crippen molar-refractivity contribution in [2.24, 2.45) is 5.73 Å². The van der Waals surface area contributed by atoms with E-state index in [9.17, 15) is 8.78 Å². The van der Waals surface area contributed by atoms with Gasteiger partial charge in [-0.2, -0.15) is 0 Å². The third-order valence-corrected chi connectivity index (χ3v) is 3.89. The fourth-order valence-electron chi connectivity index (χ4n) is 2.10. The summed E-state index contributed by atoms with van der Waals surface area (Å²) in [4.78, 5) is 0. The van der Waals surface area contributed by atoms with E-state index in [1.165, 1.54) is 6.07 Å². The van der Waals surface area contributed by atoms with Crippen molar-refractivity contribution in [2.75, 3.05) is 6.54 Å². The van der Waals surface area contributed by atoms with E-state index < -0.39 is 11.6 Å². The molecule has 106 valence electrons. The van der Waals surface area contributed by atoms with Gasteiger partial charge in [0.2, 0.25) is 0 Å². The molecule has 0 radical (unpaired) electrons. The number of halogens is 4. The molecule has 0 saturated heterocycles. The van der Waals surface area contributed by atoms with E-state index >= 15 is 0 Å². The van der Waals surface area contributed by atoms with E-state index in [1.807, 2.05) is 0 Å². The minimum atomic E-state index is -0.478. The lowest BCUT2D eigenvalue weighted by atomic mass is 9.91. The topological polar surface area (TPSA) is 26.0 Å². The minimum absolute atomic E-state index is 0.209. The van der Waals surface area contributed by atoms with Gasteiger partial charge in [-0.3, -0.25) is 0 Å². The minimum Gasteiger partial charge on any atom is -0.330 e. The Morgan fingerprint density at radius 3 is 2.40 bits per heavy atom. The van der Waals surface area contributed by atoms with E-state index in [0.29, 0.717) is 16.5 Å². The molecule has 2 aromatic carbocycles. The van der Waals surface area contributed by atoms with Gasteiger partial charge < -0.3 is 5.73 Å². The molecule has 1 atom stereocenters. The van der Waals surface area contributed by atoms with Gasteiger partial charge in [-0.25, -0.2) is 8.78 Å². The van der Waals surface area contributed by atoms with Crippen molar-refractivity contribution < 1.29 is 8.78 Å². The standard InChI is InChI=1S/C15H13Cl2F2N/c16-13-3-1-9(6-14(13)17)5-10(8-20)12-7-11(18)2-4-15(12)19/h1-4,6-7,10H,5,8,20H2. The quantitative estimate of drug-likeness (QED) is 0.879. The van der Waals surface area contributed by atoms with Gasteiger partial charge in [0.05, 0.1) is 10.0 Å². The summed E-state index contributed by atoms with van der Waals surface area (Å²) in [5.41, 5.74) is 6.84. The summed E-state index contributed by atoms with van der Waals surface area (Å²) >= 11 is 11.8. The SMILES string of the molecule is NCC(Cc1ccc(Cl)c(Cl)c1)c1cc(F)ccc1F. The highest BCUT2D eigenvalue weighted by atomic mass is 35.5. The normalized spacial score (nSPS) is 12.4. The molecular weight excluding hydrogens is 303 g/mol. The van der Waals surface area contributed by atoms with Crippen LogP contribution in [0, 0.1) is 11.6 Å². The molecule has 0 aliphatic carbocycles. The Hall–Kier alpha value is -1.16. The molecule has 0 bridgehead atoms. The molecule has 2 rings (SSSR count). The fourth-order valence-corrected chi connectivity index (χ4v) is 2.42. The van der Waals surface area contributed by atoms with Crippen molar-refractivity contribution in [3.8, 4) is 0 Å². The lowest BCUT2D eigenvalue weighted by Gasteiger charge is -2.16. The first-order chi connectivity index (χ1) is 9.51. The van der Waals surface area contributed by atoms with E-state index in [4.69, 9.17) is 28.9 Å². The van der Waals surface area contributed by atoms with Crippen LogP contribution in [0.15, 0.2) is 36.4 Å². The Balaban J connectivity index is 2.28. The van der Waals surface area contributed by atoms with Gasteiger partial charge in [-0.1, -0.05) is 29.3 Å². The Bertz CT molecular complexity index is 617. The van der Waals surface area contributed by atoms with Crippen LogP contribution >= 0.6 is 23.2 Å². The van der Waals surface area contributed by atoms with Crippen LogP contribution in [0.25, 0.3) is 0 Å². The zero-order valence-corrected chi connectivity index (χ0v) is 12.1. The Labute approximate surface area is 126 Å². The Kier molecular flexibility index (Phi) is 4.97. The number of rotatable bonds is 4. The molecule has 1 unspecified atom stereocenters. The maximum absolute atomic E-state index is 13.8. The Morgan fingerprint density at radius 1 is 1.00 bits per heavy atom. The number of hydrogen-bond donors (Lipinski definition) is 1. The summed E-state index contributed by atoms with van der Waals surface area (Å²) in [5.74, 6) is -1.25. The van der Waals surface area contributed by atoms with Crippen molar-refractivity contribution in [1.82, 2.24) is 0 Å². The van der Waals surface area contributed by atoms with Crippen molar-refractivity contribution in [2.45, 2.75) is 12.3 Å². The maximum Gasteiger partial charge on any atom is 0.126 e. The smallest absolute Gasteiger partial charge is 0.126 e. The first kappa shape index (κ1) is 15.2. The molecule has 5 heteroatoms. The van der Waals surface area contributed by atoms with Crippen molar-refractivity contribution in [1.29, 1.82) is 0 Å². The summed E-state index contributed by atoms with van der Waals surface area (Å²) in [6.45, 7) is 0.209. The molecule has 0 fully saturated rings. The molecule has 0 aliphatic heterocycles. The lowest BCUT2D eigenvalue weighted by Crippen LogP contribution is -2.16. The third-order valence-electron chi connectivity index (χ3n) is 3.15. The zero-order chi connectivity index (χ0) is 14.7. The summed E-state index contributed by atoms with van der Waals surface area (Å²) in [6, 6.07) is 8.57. The highest BCUT2D eigenvalue weighted by molar-refractivity contribution is 6.42. The average Bonchev–Trinajstić information content (AvgIpc) is 2.43. The number of benzene rings is 2. The molecule has 0 spiro atoms. The molecule has 0 heterocycles. The van der Waals surface area contributed by atoms with Crippen LogP contribution in [0.5, 0.6) is 0 Å². The second-order valence-corrected chi connectivity index (χ2v) is 5.37. The van der Waals surface area contributed by atoms with Crippen molar-refractivity contribution in [3.63, 3.8) is 0 Å². The van der Waals surface area contributed by atoms with Crippen LogP contribution < -0.4 is 5.73 Å². The van der Waals surface area contributed by atoms with Gasteiger partial charge >= 0.3 is 0 Å². The zero-order valence-electron chi connectivity index (χ0n) is 10.5. The maximum atomic E-state index is 13.8. The van der Waals surface area contributed by atoms with Crippen LogP contribution in [-0.2, 0) is 6.42 Å². The molecule has 20 heavy (non-hydrogen) atoms. The van der Waals surface area contributed by atoms with Crippen LogP contribution in [0.4, 0.5) is 8.78 Å². The van der Waals surface area contributed by atoms with Gasteiger partial charge in [0.25, 0.3) is 0 Å². The Morgan fingerprint density at radius 2 is 1.75 bits per heavy atom. The molecule has 0 amide bonds. The van der Waals surface area contributed by atoms with E-state index in [0.717, 1.165) is 17.7 Å². The molecule has 2 N–H and O–H groups in total. The van der Waals surface area contributed by atoms with Crippen molar-refractivity contribution >= 4 is 23.2 Å². The van der Waals surface area contributed by atoms with Crippen LogP contribution in [0.3, 0.4) is 0 Å². The summed E-state index contributed by atoms with van der Waals surface area (Å²) < 4.78 is 27.0. The molecule has 1 nitrogen and oxygen atoms in total. The third kappa shape index (κ3) is 3.48. The van der Waals surface area contributed by atoms with Gasteiger partial charge in [-0.05, 0) is 54.4 Å². The fraction of sp³-hybridized carbons (Fsp3) is 0.200. The predicted molar refractivity (Wildman–Crippen MR) is 78.3 cm³/mol. The average molecular weight is 316 g/mol. The molecule has 0 aliphatic rings. The highest BCUT2D eigenvalue weighted by Gasteiger charge is 2.16. The van der Waals surface area contributed by atoms with E-state index in [2.05, 4.69) is 0 Å². The first-order valence-electron chi connectivity index (χ1n) is 6.10. The van der Waals surface area contributed by atoms with Crippen LogP contribution in [-0.4, -0.2) is 6.54 Å². The van der Waals surface area contributed by atoms with Crippen LogP contribution in [0.2, 0.25) is 10.0 Å². The lowest BCUT2D eigenvalue weighted by molar-refractivity contribution is 0.557. The van der Waals surface area contributed by atoms with Gasteiger partial charge in [0.15, 0.2) is 0 Å². The summed E-state index contributed by atoms with van der Waals surface area (Å²) in [7, 11) is 0. The number of nitrogens with two attached hydrogens (primary N) is 1. The molecule has 0 aromatic heterocycles. The second-order valence-electron chi connectivity index (χ2n) is 4.55. The first-order valence-corrected chi connectivity index (χ1v) is 6.85. The van der Waals surface area contributed by atoms with Crippen molar-refractivity contribution in [3.05, 3.63) is 69.2 Å². The van der Waals surface area contributed by atoms with Gasteiger partial charge in [0, 0.05) is 5.92 Å². The second kappa shape index (κ2) is 6.53. The van der Waals surface area contributed by atoms with Gasteiger partial charge in [-0.15, -0.1) is 0 Å². The number of hydrogen-bond acceptors (Lipinski definition) is 1.